The smallest absolute Gasteiger partial charge is 0.255 e. The molecule has 0 bridgehead atoms. The molecule has 0 saturated carbocycles. The molecule has 24 heavy (non-hydrogen) atoms. The highest BCUT2D eigenvalue weighted by atomic mass is 19.1. The molecule has 1 aliphatic heterocycles. The molecule has 0 spiro atoms. The quantitative estimate of drug-likeness (QED) is 0.938. The van der Waals surface area contributed by atoms with Gasteiger partial charge in [-0.05, 0) is 25.0 Å². The number of nitrogens with one attached hydrogen (secondary N) is 1. The zero-order valence-corrected chi connectivity index (χ0v) is 13.2. The van der Waals surface area contributed by atoms with Gasteiger partial charge < -0.3 is 10.2 Å². The average molecular weight is 327 g/mol. The lowest BCUT2D eigenvalue weighted by molar-refractivity contribution is 0.0792. The van der Waals surface area contributed by atoms with Crippen LogP contribution in [-0.2, 0) is 6.54 Å². The van der Waals surface area contributed by atoms with Crippen molar-refractivity contribution in [1.82, 2.24) is 15.2 Å². The van der Waals surface area contributed by atoms with E-state index in [2.05, 4.69) is 10.3 Å². The van der Waals surface area contributed by atoms with Crippen LogP contribution in [0.25, 0.3) is 0 Å². The van der Waals surface area contributed by atoms with Crippen molar-refractivity contribution in [3.8, 4) is 0 Å². The average Bonchev–Trinajstić information content (AvgIpc) is 3.15. The number of nitrogens with zero attached hydrogens (tertiary/aromatic N) is 2. The number of hydrogen-bond donors (Lipinski definition) is 1. The third-order valence-electron chi connectivity index (χ3n) is 4.04. The standard InChI is InChI=1S/C18H18FN3O2/c19-16-6-2-1-5-13(16)12-21-17(23)14-9-15(11-20-10-14)18(24)22-7-3-4-8-22/h1-2,5-6,9-11H,3-4,7-8,12H2,(H,21,23). The molecule has 1 saturated heterocycles. The van der Waals surface area contributed by atoms with Gasteiger partial charge in [0.2, 0.25) is 0 Å². The van der Waals surface area contributed by atoms with Crippen LogP contribution in [0.15, 0.2) is 42.7 Å². The molecule has 1 fully saturated rings. The number of halogens is 1. The Morgan fingerprint density at radius 1 is 1.12 bits per heavy atom. The fraction of sp³-hybridized carbons (Fsp3) is 0.278. The van der Waals surface area contributed by atoms with E-state index in [1.165, 1.54) is 24.5 Å². The minimum absolute atomic E-state index is 0.0792. The minimum atomic E-state index is -0.387. The van der Waals surface area contributed by atoms with Crippen molar-refractivity contribution < 1.29 is 14.0 Å². The van der Waals surface area contributed by atoms with E-state index >= 15 is 0 Å². The monoisotopic (exact) mass is 327 g/mol. The number of carbonyl (C=O) groups excluding carboxylic acids is 2. The molecule has 3 rings (SSSR count). The number of amides is 2. The normalized spacial score (nSPS) is 13.8. The predicted octanol–water partition coefficient (Wildman–Crippen LogP) is 2.39. The van der Waals surface area contributed by atoms with Gasteiger partial charge in [-0.25, -0.2) is 4.39 Å². The van der Waals surface area contributed by atoms with Gasteiger partial charge in [-0.3, -0.25) is 14.6 Å². The summed E-state index contributed by atoms with van der Waals surface area (Å²) in [7, 11) is 0. The summed E-state index contributed by atoms with van der Waals surface area (Å²) in [5.74, 6) is -0.862. The third kappa shape index (κ3) is 3.59. The lowest BCUT2D eigenvalue weighted by atomic mass is 10.1. The Balaban J connectivity index is 1.68. The maximum absolute atomic E-state index is 13.6. The van der Waals surface area contributed by atoms with Crippen molar-refractivity contribution in [2.24, 2.45) is 0 Å². The first-order valence-electron chi connectivity index (χ1n) is 7.91. The summed E-state index contributed by atoms with van der Waals surface area (Å²) in [5, 5.41) is 2.65. The lowest BCUT2D eigenvalue weighted by Crippen LogP contribution is -2.28. The lowest BCUT2D eigenvalue weighted by Gasteiger charge is -2.15. The Kier molecular flexibility index (Phi) is 4.84. The molecule has 1 aromatic carbocycles. The number of likely N-dealkylation sites (tertiary alicyclic amines) is 1. The minimum Gasteiger partial charge on any atom is -0.348 e. The predicted molar refractivity (Wildman–Crippen MR) is 86.9 cm³/mol. The molecule has 2 aromatic rings. The molecule has 5 nitrogen and oxygen atoms in total. The van der Waals surface area contributed by atoms with Crippen LogP contribution >= 0.6 is 0 Å². The summed E-state index contributed by atoms with van der Waals surface area (Å²) in [6, 6.07) is 7.80. The van der Waals surface area contributed by atoms with Crippen LogP contribution < -0.4 is 5.32 Å². The molecule has 124 valence electrons. The van der Waals surface area contributed by atoms with Crippen LogP contribution in [0, 0.1) is 5.82 Å². The zero-order valence-electron chi connectivity index (χ0n) is 13.2. The number of hydrogen-bond acceptors (Lipinski definition) is 3. The van der Waals surface area contributed by atoms with Gasteiger partial charge in [0.25, 0.3) is 11.8 Å². The van der Waals surface area contributed by atoms with Gasteiger partial charge >= 0.3 is 0 Å². The second kappa shape index (κ2) is 7.21. The summed E-state index contributed by atoms with van der Waals surface area (Å²) >= 11 is 0. The van der Waals surface area contributed by atoms with Crippen LogP contribution in [0.1, 0.15) is 39.1 Å². The molecule has 1 N–H and O–H groups in total. The largest absolute Gasteiger partial charge is 0.348 e. The van der Waals surface area contributed by atoms with E-state index in [4.69, 9.17) is 0 Å². The summed E-state index contributed by atoms with van der Waals surface area (Å²) in [4.78, 5) is 30.3. The van der Waals surface area contributed by atoms with Gasteiger partial charge in [-0.1, -0.05) is 18.2 Å². The first kappa shape index (κ1) is 16.1. The van der Waals surface area contributed by atoms with E-state index < -0.39 is 0 Å². The molecule has 0 unspecified atom stereocenters. The van der Waals surface area contributed by atoms with Crippen molar-refractivity contribution in [2.75, 3.05) is 13.1 Å². The highest BCUT2D eigenvalue weighted by Crippen LogP contribution is 2.13. The molecule has 0 atom stereocenters. The Hall–Kier alpha value is -2.76. The SMILES string of the molecule is O=C(NCc1ccccc1F)c1cncc(C(=O)N2CCCC2)c1. The van der Waals surface area contributed by atoms with E-state index in [1.807, 2.05) is 0 Å². The van der Waals surface area contributed by atoms with Gasteiger partial charge in [-0.2, -0.15) is 0 Å². The van der Waals surface area contributed by atoms with Crippen LogP contribution in [0.5, 0.6) is 0 Å². The van der Waals surface area contributed by atoms with E-state index in [0.717, 1.165) is 25.9 Å². The molecule has 1 aromatic heterocycles. The Morgan fingerprint density at radius 3 is 2.58 bits per heavy atom. The number of benzene rings is 1. The van der Waals surface area contributed by atoms with Crippen molar-refractivity contribution in [1.29, 1.82) is 0 Å². The van der Waals surface area contributed by atoms with Crippen molar-refractivity contribution in [3.63, 3.8) is 0 Å². The second-order valence-corrected chi connectivity index (χ2v) is 5.74. The molecule has 1 aliphatic rings. The highest BCUT2D eigenvalue weighted by molar-refractivity contribution is 5.99. The first-order chi connectivity index (χ1) is 11.6. The number of pyridine rings is 1. The Morgan fingerprint density at radius 2 is 1.83 bits per heavy atom. The number of rotatable bonds is 4. The zero-order chi connectivity index (χ0) is 16.9. The summed E-state index contributed by atoms with van der Waals surface area (Å²) in [6.07, 6.45) is 4.87. The van der Waals surface area contributed by atoms with E-state index in [-0.39, 0.29) is 29.7 Å². The summed E-state index contributed by atoms with van der Waals surface area (Å²) in [6.45, 7) is 1.56. The Bertz CT molecular complexity index is 757. The van der Waals surface area contributed by atoms with Gasteiger partial charge in [-0.15, -0.1) is 0 Å². The second-order valence-electron chi connectivity index (χ2n) is 5.74. The van der Waals surface area contributed by atoms with Gasteiger partial charge in [0.05, 0.1) is 11.1 Å². The molecule has 2 amide bonds. The topological polar surface area (TPSA) is 62.3 Å². The van der Waals surface area contributed by atoms with E-state index in [1.54, 1.807) is 23.1 Å². The van der Waals surface area contributed by atoms with E-state index in [9.17, 15) is 14.0 Å². The first-order valence-corrected chi connectivity index (χ1v) is 7.91. The maximum Gasteiger partial charge on any atom is 0.255 e. The number of aromatic nitrogens is 1. The Labute approximate surface area is 139 Å². The summed E-state index contributed by atoms with van der Waals surface area (Å²) < 4.78 is 13.6. The fourth-order valence-electron chi connectivity index (χ4n) is 2.70. The molecule has 2 heterocycles. The molecular formula is C18H18FN3O2. The summed E-state index contributed by atoms with van der Waals surface area (Å²) in [5.41, 5.74) is 1.09. The van der Waals surface area contributed by atoms with Gasteiger partial charge in [0, 0.05) is 37.6 Å². The molecule has 0 aliphatic carbocycles. The number of carbonyl (C=O) groups is 2. The van der Waals surface area contributed by atoms with Crippen molar-refractivity contribution >= 4 is 11.8 Å². The molecule has 0 radical (unpaired) electrons. The van der Waals surface area contributed by atoms with Crippen molar-refractivity contribution in [2.45, 2.75) is 19.4 Å². The van der Waals surface area contributed by atoms with Crippen molar-refractivity contribution in [3.05, 3.63) is 65.2 Å². The van der Waals surface area contributed by atoms with E-state index in [0.29, 0.717) is 11.1 Å². The van der Waals surface area contributed by atoms with Crippen LogP contribution in [0.2, 0.25) is 0 Å². The van der Waals surface area contributed by atoms with Crippen LogP contribution in [-0.4, -0.2) is 34.8 Å². The third-order valence-corrected chi connectivity index (χ3v) is 4.04. The molecule has 6 heteroatoms. The maximum atomic E-state index is 13.6. The van der Waals surface area contributed by atoms with Crippen LogP contribution in [0.4, 0.5) is 4.39 Å². The molecular weight excluding hydrogens is 309 g/mol. The van der Waals surface area contributed by atoms with Gasteiger partial charge in [0.15, 0.2) is 0 Å². The van der Waals surface area contributed by atoms with Crippen LogP contribution in [0.3, 0.4) is 0 Å². The fourth-order valence-corrected chi connectivity index (χ4v) is 2.70. The van der Waals surface area contributed by atoms with Gasteiger partial charge in [0.1, 0.15) is 5.82 Å². The highest BCUT2D eigenvalue weighted by Gasteiger charge is 2.20.